The minimum Gasteiger partial charge on any atom is -0.501 e. The summed E-state index contributed by atoms with van der Waals surface area (Å²) in [6.45, 7) is 10.1. The first-order valence-corrected chi connectivity index (χ1v) is 14.0. The lowest BCUT2D eigenvalue weighted by Gasteiger charge is -2.32. The van der Waals surface area contributed by atoms with Gasteiger partial charge in [-0.15, -0.1) is 0 Å². The van der Waals surface area contributed by atoms with Crippen molar-refractivity contribution in [1.82, 2.24) is 0 Å². The molecule has 0 unspecified atom stereocenters. The highest BCUT2D eigenvalue weighted by Gasteiger charge is 2.30. The first-order chi connectivity index (χ1) is 18.7. The molecular weight excluding hydrogens is 478 g/mol. The second kappa shape index (κ2) is 13.9. The Morgan fingerprint density at radius 1 is 0.974 bits per heavy atom. The summed E-state index contributed by atoms with van der Waals surface area (Å²) in [4.78, 5) is 10.3. The number of hydrogen-bond acceptors (Lipinski definition) is 3. The summed E-state index contributed by atoms with van der Waals surface area (Å²) in [5.41, 5.74) is 9.39. The topological polar surface area (TPSA) is 50.1 Å². The van der Waals surface area contributed by atoms with Crippen molar-refractivity contribution in [2.75, 3.05) is 7.11 Å². The quantitative estimate of drug-likeness (QED) is 0.249. The lowest BCUT2D eigenvalue weighted by molar-refractivity contribution is -0.112. The molecule has 0 bridgehead atoms. The summed E-state index contributed by atoms with van der Waals surface area (Å²) in [5.74, 6) is 0.668. The normalized spacial score (nSPS) is 17.4. The van der Waals surface area contributed by atoms with Crippen LogP contribution in [0.15, 0.2) is 84.6 Å². The van der Waals surface area contributed by atoms with E-state index in [1.807, 2.05) is 12.1 Å². The molecule has 1 atom stereocenters. The van der Waals surface area contributed by atoms with Crippen molar-refractivity contribution in [3.8, 4) is 11.1 Å². The smallest absolute Gasteiger partial charge is 0.155 e. The standard InChI is InChI=1S/C30H33N.C6H10O2/c1-4-6-10-22-13-14-24-16-18-29(31)27-20-25(23-11-8-7-9-12-23)15-17-28(27)30(3,5-2)21-26(24)19-22;1-5(7)4-6(2)8-3/h7-9,11-20,31H,4-6,10,21H2,1-3H3;4H,1-3H3/b18-16-,31-29?;6-4-/t30-;/m0./s1. The largest absolute Gasteiger partial charge is 0.501 e. The Labute approximate surface area is 235 Å². The number of rotatable bonds is 7. The van der Waals surface area contributed by atoms with Gasteiger partial charge in [-0.3, -0.25) is 4.79 Å². The average Bonchev–Trinajstić information content (AvgIpc) is 2.99. The fourth-order valence-electron chi connectivity index (χ4n) is 5.05. The molecule has 0 radical (unpaired) electrons. The van der Waals surface area contributed by atoms with Gasteiger partial charge in [-0.05, 0) is 90.5 Å². The highest BCUT2D eigenvalue weighted by atomic mass is 16.5. The van der Waals surface area contributed by atoms with Crippen molar-refractivity contribution < 1.29 is 9.53 Å². The molecule has 0 spiro atoms. The number of carbonyl (C=O) groups is 1. The van der Waals surface area contributed by atoms with Crippen LogP contribution in [0.2, 0.25) is 0 Å². The van der Waals surface area contributed by atoms with Gasteiger partial charge in [-0.2, -0.15) is 0 Å². The number of nitrogens with one attached hydrogen (secondary N) is 1. The number of carbonyl (C=O) groups excluding carboxylic acids is 1. The van der Waals surface area contributed by atoms with E-state index in [2.05, 4.69) is 87.5 Å². The molecule has 3 nitrogen and oxygen atoms in total. The summed E-state index contributed by atoms with van der Waals surface area (Å²) in [7, 11) is 1.54. The molecule has 0 saturated heterocycles. The van der Waals surface area contributed by atoms with Crippen molar-refractivity contribution in [2.24, 2.45) is 0 Å². The third-order valence-electron chi connectivity index (χ3n) is 7.61. The molecule has 1 aliphatic carbocycles. The summed E-state index contributed by atoms with van der Waals surface area (Å²) in [6, 6.07) is 24.1. The number of aryl methyl sites for hydroxylation is 1. The van der Waals surface area contributed by atoms with Gasteiger partial charge in [-0.25, -0.2) is 0 Å². The number of allylic oxidation sites excluding steroid dienone is 3. The van der Waals surface area contributed by atoms with Crippen LogP contribution in [0.3, 0.4) is 0 Å². The number of ketones is 1. The van der Waals surface area contributed by atoms with Gasteiger partial charge in [0.25, 0.3) is 0 Å². The fourth-order valence-corrected chi connectivity index (χ4v) is 5.05. The maximum Gasteiger partial charge on any atom is 0.155 e. The molecule has 204 valence electrons. The van der Waals surface area contributed by atoms with Gasteiger partial charge in [0.15, 0.2) is 5.78 Å². The molecule has 0 saturated carbocycles. The number of hydrogen-bond donors (Lipinski definition) is 1. The molecule has 1 N–H and O–H groups in total. The Kier molecular flexibility index (Phi) is 10.6. The first kappa shape index (κ1) is 29.8. The molecule has 1 aliphatic rings. The monoisotopic (exact) mass is 521 g/mol. The predicted octanol–water partition coefficient (Wildman–Crippen LogP) is 9.13. The Balaban J connectivity index is 0.000000459. The van der Waals surface area contributed by atoms with Gasteiger partial charge in [0.2, 0.25) is 0 Å². The highest BCUT2D eigenvalue weighted by Crippen LogP contribution is 2.38. The third-order valence-corrected chi connectivity index (χ3v) is 7.61. The second-order valence-corrected chi connectivity index (χ2v) is 10.7. The highest BCUT2D eigenvalue weighted by molar-refractivity contribution is 6.10. The molecule has 0 aromatic heterocycles. The van der Waals surface area contributed by atoms with Crippen LogP contribution in [-0.2, 0) is 27.8 Å². The van der Waals surface area contributed by atoms with Crippen LogP contribution < -0.4 is 0 Å². The first-order valence-electron chi connectivity index (χ1n) is 14.0. The summed E-state index contributed by atoms with van der Waals surface area (Å²) in [6.07, 6.45) is 11.2. The molecule has 0 amide bonds. The third kappa shape index (κ3) is 7.89. The molecule has 3 heteroatoms. The van der Waals surface area contributed by atoms with Gasteiger partial charge in [0.1, 0.15) is 0 Å². The molecule has 0 heterocycles. The van der Waals surface area contributed by atoms with E-state index in [9.17, 15) is 4.79 Å². The molecule has 4 rings (SSSR count). The van der Waals surface area contributed by atoms with Gasteiger partial charge < -0.3 is 10.1 Å². The van der Waals surface area contributed by atoms with Gasteiger partial charge in [0, 0.05) is 11.6 Å². The molecule has 3 aromatic carbocycles. The SMILES string of the molecule is CCCCc1ccc2c(c1)C[C@](C)(CC)c1ccc(-c3ccccc3)cc1C(=N)/C=C\2.CO/C(C)=C\C(C)=O. The number of fused-ring (bicyclic) bond motifs is 2. The molecule has 0 fully saturated rings. The second-order valence-electron chi connectivity index (χ2n) is 10.7. The number of methoxy groups -OCH3 is 1. The zero-order chi connectivity index (χ0) is 28.4. The van der Waals surface area contributed by atoms with E-state index in [0.29, 0.717) is 11.5 Å². The zero-order valence-electron chi connectivity index (χ0n) is 24.4. The van der Waals surface area contributed by atoms with Crippen LogP contribution in [0.4, 0.5) is 0 Å². The lowest BCUT2D eigenvalue weighted by atomic mass is 9.72. The maximum atomic E-state index is 10.3. The van der Waals surface area contributed by atoms with E-state index >= 15 is 0 Å². The maximum absolute atomic E-state index is 10.3. The average molecular weight is 522 g/mol. The van der Waals surface area contributed by atoms with Crippen LogP contribution in [0.5, 0.6) is 0 Å². The Morgan fingerprint density at radius 2 is 1.72 bits per heavy atom. The molecule has 0 aliphatic heterocycles. The summed E-state index contributed by atoms with van der Waals surface area (Å²) < 4.78 is 4.70. The van der Waals surface area contributed by atoms with E-state index in [0.717, 1.165) is 24.8 Å². The van der Waals surface area contributed by atoms with Crippen LogP contribution in [0.1, 0.15) is 81.7 Å². The summed E-state index contributed by atoms with van der Waals surface area (Å²) in [5, 5.41) is 8.90. The Bertz CT molecular complexity index is 1350. The van der Waals surface area contributed by atoms with Crippen molar-refractivity contribution >= 4 is 17.6 Å². The van der Waals surface area contributed by atoms with E-state index in [1.165, 1.54) is 66.3 Å². The van der Waals surface area contributed by atoms with Crippen LogP contribution in [-0.4, -0.2) is 18.6 Å². The van der Waals surface area contributed by atoms with E-state index < -0.39 is 0 Å². The fraction of sp³-hybridized carbons (Fsp3) is 0.333. The van der Waals surface area contributed by atoms with E-state index in [4.69, 9.17) is 10.1 Å². The van der Waals surface area contributed by atoms with Gasteiger partial charge >= 0.3 is 0 Å². The minimum absolute atomic E-state index is 0.0129. The van der Waals surface area contributed by atoms with Crippen LogP contribution >= 0.6 is 0 Å². The van der Waals surface area contributed by atoms with Gasteiger partial charge in [0.05, 0.1) is 18.6 Å². The predicted molar refractivity (Wildman–Crippen MR) is 166 cm³/mol. The number of unbranched alkanes of at least 4 members (excludes halogenated alkanes) is 1. The summed E-state index contributed by atoms with van der Waals surface area (Å²) >= 11 is 0. The van der Waals surface area contributed by atoms with Crippen molar-refractivity contribution in [3.63, 3.8) is 0 Å². The van der Waals surface area contributed by atoms with Crippen molar-refractivity contribution in [1.29, 1.82) is 5.41 Å². The minimum atomic E-state index is -0.0129. The molecule has 39 heavy (non-hydrogen) atoms. The lowest BCUT2D eigenvalue weighted by Crippen LogP contribution is -2.26. The van der Waals surface area contributed by atoms with E-state index in [1.54, 1.807) is 6.92 Å². The number of ether oxygens (including phenoxy) is 1. The Morgan fingerprint density at radius 3 is 2.33 bits per heavy atom. The van der Waals surface area contributed by atoms with Crippen molar-refractivity contribution in [2.45, 2.75) is 72.1 Å². The van der Waals surface area contributed by atoms with Crippen LogP contribution in [0, 0.1) is 5.41 Å². The van der Waals surface area contributed by atoms with Crippen molar-refractivity contribution in [3.05, 3.63) is 112 Å². The molecule has 3 aromatic rings. The van der Waals surface area contributed by atoms with Crippen LogP contribution in [0.25, 0.3) is 17.2 Å². The Hall–Kier alpha value is -3.72. The number of benzene rings is 3. The van der Waals surface area contributed by atoms with Gasteiger partial charge in [-0.1, -0.05) is 93.9 Å². The molecular formula is C36H43NO2. The van der Waals surface area contributed by atoms with E-state index in [-0.39, 0.29) is 11.2 Å². The zero-order valence-corrected chi connectivity index (χ0v) is 24.4.